The molecule has 4 bridgehead atoms. The Hall–Kier alpha value is -2.10. The number of carbonyl (C=O) groups is 2. The van der Waals surface area contributed by atoms with Crippen molar-refractivity contribution in [3.63, 3.8) is 0 Å². The molecule has 0 aromatic carbocycles. The first kappa shape index (κ1) is 23.1. The molecule has 4 saturated carbocycles. The maximum absolute atomic E-state index is 13.5. The van der Waals surface area contributed by atoms with Gasteiger partial charge in [0.25, 0.3) is 0 Å². The van der Waals surface area contributed by atoms with Crippen LogP contribution in [0.3, 0.4) is 0 Å². The van der Waals surface area contributed by atoms with Crippen LogP contribution in [0.25, 0.3) is 0 Å². The Balaban J connectivity index is 1.24. The smallest absolute Gasteiger partial charge is 0.374 e. The van der Waals surface area contributed by atoms with Crippen molar-refractivity contribution >= 4 is 11.8 Å². The van der Waals surface area contributed by atoms with Gasteiger partial charge in [-0.2, -0.15) is 13.2 Å². The maximum atomic E-state index is 13.5. The molecule has 4 fully saturated rings. The summed E-state index contributed by atoms with van der Waals surface area (Å²) in [4.78, 5) is 28.2. The van der Waals surface area contributed by atoms with Gasteiger partial charge in [0.05, 0.1) is 6.54 Å². The third-order valence-corrected chi connectivity index (χ3v) is 7.62. The second-order valence-electron chi connectivity index (χ2n) is 10.2. The zero-order valence-electron chi connectivity index (χ0n) is 18.2. The van der Waals surface area contributed by atoms with Crippen LogP contribution in [0.1, 0.15) is 57.2 Å². The predicted molar refractivity (Wildman–Crippen MR) is 109 cm³/mol. The molecule has 1 atom stereocenters. The summed E-state index contributed by atoms with van der Waals surface area (Å²) in [6.45, 7) is -0.704. The molecule has 5 rings (SSSR count). The number of aliphatic hydroxyl groups is 1. The molecule has 1 heterocycles. The first-order valence-corrected chi connectivity index (χ1v) is 11.3. The van der Waals surface area contributed by atoms with Gasteiger partial charge in [0.2, 0.25) is 17.4 Å². The molecule has 1 unspecified atom stereocenters. The van der Waals surface area contributed by atoms with Gasteiger partial charge >= 0.3 is 6.18 Å². The Morgan fingerprint density at radius 1 is 1.12 bits per heavy atom. The number of carbonyl (C=O) groups excluding carboxylic acids is 2. The molecule has 10 heteroatoms. The highest BCUT2D eigenvalue weighted by Crippen LogP contribution is 2.61. The van der Waals surface area contributed by atoms with Crippen LogP contribution in [-0.4, -0.2) is 45.7 Å². The van der Waals surface area contributed by atoms with Gasteiger partial charge in [-0.3, -0.25) is 9.59 Å². The second-order valence-corrected chi connectivity index (χ2v) is 10.2. The highest BCUT2D eigenvalue weighted by atomic mass is 19.4. The van der Waals surface area contributed by atoms with E-state index in [2.05, 4.69) is 15.6 Å². The van der Waals surface area contributed by atoms with E-state index >= 15 is 0 Å². The van der Waals surface area contributed by atoms with Crippen molar-refractivity contribution in [2.75, 3.05) is 13.1 Å². The standard InChI is InChI=1S/C22H31F3N4O3/c1-29-5-4-27-19(29)21(32,22(23,24)25)2-3-26-18(31)13-28-17(30)12-20-9-14-6-15(10-20)8-16(7-14)11-20/h4-5,14-16,32H,2-3,6-13H2,1H3,(H,26,31)(H,28,30). The SMILES string of the molecule is Cn1ccnc1C(O)(CCNC(=O)CNC(=O)CC12CC3CC(CC(C3)C1)C2)C(F)(F)F. The van der Waals surface area contributed by atoms with Gasteiger partial charge in [-0.25, -0.2) is 4.98 Å². The van der Waals surface area contributed by atoms with Gasteiger partial charge in [-0.05, 0) is 61.7 Å². The zero-order valence-corrected chi connectivity index (χ0v) is 18.2. The number of imidazole rings is 1. The minimum absolute atomic E-state index is 0.0561. The van der Waals surface area contributed by atoms with Gasteiger partial charge < -0.3 is 20.3 Å². The Kier molecular flexibility index (Phi) is 6.02. The van der Waals surface area contributed by atoms with Gasteiger partial charge in [0.1, 0.15) is 5.82 Å². The van der Waals surface area contributed by atoms with Crippen molar-refractivity contribution in [2.45, 2.75) is 63.1 Å². The van der Waals surface area contributed by atoms with Gasteiger partial charge in [-0.1, -0.05) is 0 Å². The first-order valence-electron chi connectivity index (χ1n) is 11.3. The van der Waals surface area contributed by atoms with Crippen molar-refractivity contribution in [1.29, 1.82) is 0 Å². The van der Waals surface area contributed by atoms with Crippen LogP contribution in [0.2, 0.25) is 0 Å². The lowest BCUT2D eigenvalue weighted by Crippen LogP contribution is -2.49. The fourth-order valence-electron chi connectivity index (χ4n) is 6.68. The molecule has 4 aliphatic carbocycles. The summed E-state index contributed by atoms with van der Waals surface area (Å²) < 4.78 is 41.6. The van der Waals surface area contributed by atoms with Crippen LogP contribution in [0.15, 0.2) is 12.4 Å². The number of amides is 2. The number of nitrogens with one attached hydrogen (secondary N) is 2. The summed E-state index contributed by atoms with van der Waals surface area (Å²) in [5.74, 6) is 0.869. The number of halogens is 3. The first-order chi connectivity index (χ1) is 15.0. The van der Waals surface area contributed by atoms with E-state index in [0.29, 0.717) is 6.42 Å². The Bertz CT molecular complexity index is 834. The van der Waals surface area contributed by atoms with Crippen molar-refractivity contribution in [3.8, 4) is 0 Å². The average molecular weight is 457 g/mol. The molecule has 0 aliphatic heterocycles. The molecule has 178 valence electrons. The third-order valence-electron chi connectivity index (χ3n) is 7.62. The zero-order chi connectivity index (χ0) is 23.1. The predicted octanol–water partition coefficient (Wildman–Crippen LogP) is 2.40. The molecule has 0 saturated heterocycles. The van der Waals surface area contributed by atoms with Crippen LogP contribution >= 0.6 is 0 Å². The Morgan fingerprint density at radius 3 is 2.22 bits per heavy atom. The van der Waals surface area contributed by atoms with Crippen LogP contribution < -0.4 is 10.6 Å². The maximum Gasteiger partial charge on any atom is 0.424 e. The highest BCUT2D eigenvalue weighted by molar-refractivity contribution is 5.84. The van der Waals surface area contributed by atoms with E-state index in [1.807, 2.05) is 0 Å². The quantitative estimate of drug-likeness (QED) is 0.560. The fraction of sp³-hybridized carbons (Fsp3) is 0.773. The molecule has 2 amide bonds. The van der Waals surface area contributed by atoms with E-state index < -0.39 is 36.5 Å². The number of aromatic nitrogens is 2. The van der Waals surface area contributed by atoms with E-state index in [0.717, 1.165) is 41.6 Å². The van der Waals surface area contributed by atoms with Crippen molar-refractivity contribution in [1.82, 2.24) is 20.2 Å². The molecule has 32 heavy (non-hydrogen) atoms. The molecular formula is C22H31F3N4O3. The van der Waals surface area contributed by atoms with E-state index in [4.69, 9.17) is 0 Å². The number of nitrogens with zero attached hydrogens (tertiary/aromatic N) is 2. The molecule has 0 spiro atoms. The van der Waals surface area contributed by atoms with Crippen LogP contribution in [0.5, 0.6) is 0 Å². The molecule has 1 aromatic rings. The number of hydrogen-bond donors (Lipinski definition) is 3. The Labute approximate surface area is 185 Å². The van der Waals surface area contributed by atoms with Gasteiger partial charge in [0.15, 0.2) is 0 Å². The lowest BCUT2D eigenvalue weighted by atomic mass is 9.49. The number of aryl methyl sites for hydroxylation is 1. The largest absolute Gasteiger partial charge is 0.424 e. The van der Waals surface area contributed by atoms with Crippen molar-refractivity contribution in [2.24, 2.45) is 30.2 Å². The van der Waals surface area contributed by atoms with E-state index in [1.54, 1.807) is 0 Å². The van der Waals surface area contributed by atoms with Crippen molar-refractivity contribution < 1.29 is 27.9 Å². The summed E-state index contributed by atoms with van der Waals surface area (Å²) in [6, 6.07) is 0. The molecule has 3 N–H and O–H groups in total. The average Bonchev–Trinajstić information content (AvgIpc) is 3.10. The molecule has 4 aliphatic rings. The minimum Gasteiger partial charge on any atom is -0.374 e. The lowest BCUT2D eigenvalue weighted by molar-refractivity contribution is -0.272. The Morgan fingerprint density at radius 2 is 1.72 bits per heavy atom. The highest BCUT2D eigenvalue weighted by Gasteiger charge is 2.57. The second kappa shape index (κ2) is 8.35. The summed E-state index contributed by atoms with van der Waals surface area (Å²) in [7, 11) is 1.36. The van der Waals surface area contributed by atoms with Crippen LogP contribution in [0, 0.1) is 23.2 Å². The fourth-order valence-corrected chi connectivity index (χ4v) is 6.68. The summed E-state index contributed by atoms with van der Waals surface area (Å²) in [5, 5.41) is 15.3. The molecular weight excluding hydrogens is 425 g/mol. The summed E-state index contributed by atoms with van der Waals surface area (Å²) >= 11 is 0. The monoisotopic (exact) mass is 456 g/mol. The number of alkyl halides is 3. The topological polar surface area (TPSA) is 96.2 Å². The van der Waals surface area contributed by atoms with E-state index in [-0.39, 0.29) is 17.9 Å². The van der Waals surface area contributed by atoms with Crippen LogP contribution in [-0.2, 0) is 22.2 Å². The molecule has 7 nitrogen and oxygen atoms in total. The molecule has 1 aromatic heterocycles. The third kappa shape index (κ3) is 4.51. The van der Waals surface area contributed by atoms with Gasteiger partial charge in [-0.15, -0.1) is 0 Å². The number of hydrogen-bond acceptors (Lipinski definition) is 4. The summed E-state index contributed by atoms with van der Waals surface area (Å²) in [5.41, 5.74) is -3.12. The van der Waals surface area contributed by atoms with Crippen LogP contribution in [0.4, 0.5) is 13.2 Å². The van der Waals surface area contributed by atoms with E-state index in [9.17, 15) is 27.9 Å². The summed E-state index contributed by atoms with van der Waals surface area (Å²) in [6.07, 6.45) is 4.26. The molecule has 0 radical (unpaired) electrons. The van der Waals surface area contributed by atoms with E-state index in [1.165, 1.54) is 38.7 Å². The minimum atomic E-state index is -4.96. The van der Waals surface area contributed by atoms with Crippen molar-refractivity contribution in [3.05, 3.63) is 18.2 Å². The normalized spacial score (nSPS) is 30.7. The number of rotatable bonds is 8. The van der Waals surface area contributed by atoms with Gasteiger partial charge in [0, 0.05) is 38.8 Å². The lowest BCUT2D eigenvalue weighted by Gasteiger charge is -2.56.